The highest BCUT2D eigenvalue weighted by Crippen LogP contribution is 2.45. The minimum atomic E-state index is -0.682. The number of unbranched alkanes of at least 4 members (excludes halogenated alkanes) is 1. The van der Waals surface area contributed by atoms with Crippen LogP contribution >= 0.6 is 23.2 Å². The number of para-hydroxylation sites is 1. The number of phenolic OH excluding ortho intramolecular Hbond substituents is 1. The topological polar surface area (TPSA) is 57.2 Å². The van der Waals surface area contributed by atoms with Gasteiger partial charge in [-0.05, 0) is 25.0 Å². The van der Waals surface area contributed by atoms with Crippen molar-refractivity contribution < 1.29 is 24.1 Å². The molecule has 1 heterocycles. The number of fused-ring (bicyclic) bond motifs is 1. The Morgan fingerprint density at radius 2 is 1.65 bits per heavy atom. The highest BCUT2D eigenvalue weighted by Gasteiger charge is 2.33. The van der Waals surface area contributed by atoms with E-state index in [0.29, 0.717) is 36.2 Å². The molecule has 0 fully saturated rings. The molecule has 0 amide bonds. The van der Waals surface area contributed by atoms with Crippen LogP contribution in [0.2, 0.25) is 10.0 Å². The standard InChI is InChI=1S/C19H20Cl2O5/c1-19(2)25-16-7-5-6-15(18(16)26-19)23-8-3-4-9-24-17-13(20)10-12(22)11-14(17)21/h5-7,10-11,22H,3-4,8-9H2,1-2H3. The molecule has 0 saturated carbocycles. The Morgan fingerprint density at radius 3 is 2.35 bits per heavy atom. The maximum absolute atomic E-state index is 9.41. The molecule has 0 spiro atoms. The third-order valence-electron chi connectivity index (χ3n) is 3.67. The van der Waals surface area contributed by atoms with Crippen molar-refractivity contribution in [1.82, 2.24) is 0 Å². The molecular formula is C19H20Cl2O5. The molecule has 1 N–H and O–H groups in total. The van der Waals surface area contributed by atoms with Crippen LogP contribution in [0, 0.1) is 0 Å². The molecule has 1 aliphatic rings. The van der Waals surface area contributed by atoms with Crippen molar-refractivity contribution in [1.29, 1.82) is 0 Å². The van der Waals surface area contributed by atoms with E-state index in [4.69, 9.17) is 42.1 Å². The maximum Gasteiger partial charge on any atom is 0.246 e. The summed E-state index contributed by atoms with van der Waals surface area (Å²) in [5.74, 6) is 1.69. The summed E-state index contributed by atoms with van der Waals surface area (Å²) in [6.45, 7) is 4.66. The molecule has 2 aromatic rings. The SMILES string of the molecule is CC1(C)Oc2cccc(OCCCCOc3c(Cl)cc(O)cc3Cl)c2O1. The summed E-state index contributed by atoms with van der Waals surface area (Å²) in [4.78, 5) is 0. The Bertz CT molecular complexity index is 768. The molecule has 3 rings (SSSR count). The lowest BCUT2D eigenvalue weighted by atomic mass is 10.3. The summed E-state index contributed by atoms with van der Waals surface area (Å²) in [6, 6.07) is 8.37. The molecule has 0 saturated heterocycles. The van der Waals surface area contributed by atoms with Crippen molar-refractivity contribution in [2.24, 2.45) is 0 Å². The van der Waals surface area contributed by atoms with Crippen LogP contribution in [-0.2, 0) is 0 Å². The molecule has 0 aliphatic carbocycles. The molecule has 0 aromatic heterocycles. The van der Waals surface area contributed by atoms with Gasteiger partial charge >= 0.3 is 0 Å². The first kappa shape index (κ1) is 18.8. The van der Waals surface area contributed by atoms with E-state index in [1.54, 1.807) is 0 Å². The first-order chi connectivity index (χ1) is 12.4. The monoisotopic (exact) mass is 398 g/mol. The summed E-state index contributed by atoms with van der Waals surface area (Å²) >= 11 is 12.0. The number of hydrogen-bond donors (Lipinski definition) is 1. The largest absolute Gasteiger partial charge is 0.508 e. The van der Waals surface area contributed by atoms with E-state index >= 15 is 0 Å². The van der Waals surface area contributed by atoms with Crippen LogP contribution in [0.15, 0.2) is 30.3 Å². The Kier molecular flexibility index (Phi) is 5.58. The number of aromatic hydroxyl groups is 1. The number of rotatable bonds is 7. The summed E-state index contributed by atoms with van der Waals surface area (Å²) in [7, 11) is 0. The van der Waals surface area contributed by atoms with Gasteiger partial charge in [0.15, 0.2) is 17.2 Å². The van der Waals surface area contributed by atoms with Gasteiger partial charge in [0.1, 0.15) is 5.75 Å². The first-order valence-corrected chi connectivity index (χ1v) is 9.06. The number of ether oxygens (including phenoxy) is 4. The van der Waals surface area contributed by atoms with E-state index in [1.807, 2.05) is 32.0 Å². The van der Waals surface area contributed by atoms with Crippen LogP contribution in [0.4, 0.5) is 0 Å². The van der Waals surface area contributed by atoms with Crippen LogP contribution in [0.1, 0.15) is 26.7 Å². The van der Waals surface area contributed by atoms with Gasteiger partial charge in [-0.2, -0.15) is 0 Å². The molecule has 0 radical (unpaired) electrons. The van der Waals surface area contributed by atoms with Gasteiger partial charge in [0.2, 0.25) is 11.5 Å². The molecule has 0 unspecified atom stereocenters. The molecule has 26 heavy (non-hydrogen) atoms. The fourth-order valence-corrected chi connectivity index (χ4v) is 3.15. The molecule has 1 aliphatic heterocycles. The Morgan fingerprint density at radius 1 is 1.00 bits per heavy atom. The average Bonchev–Trinajstić information content (AvgIpc) is 2.87. The number of benzene rings is 2. The zero-order valence-corrected chi connectivity index (χ0v) is 16.1. The van der Waals surface area contributed by atoms with Crippen LogP contribution in [0.3, 0.4) is 0 Å². The average molecular weight is 399 g/mol. The minimum Gasteiger partial charge on any atom is -0.508 e. The summed E-state index contributed by atoms with van der Waals surface area (Å²) in [5.41, 5.74) is 0. The van der Waals surface area contributed by atoms with Crippen molar-refractivity contribution in [3.05, 3.63) is 40.4 Å². The number of halogens is 2. The second-order valence-corrected chi connectivity index (χ2v) is 7.14. The second kappa shape index (κ2) is 7.72. The lowest BCUT2D eigenvalue weighted by Gasteiger charge is -2.16. The summed E-state index contributed by atoms with van der Waals surface area (Å²) in [5, 5.41) is 9.97. The van der Waals surface area contributed by atoms with Crippen molar-refractivity contribution >= 4 is 23.2 Å². The van der Waals surface area contributed by atoms with Gasteiger partial charge in [-0.15, -0.1) is 0 Å². The highest BCUT2D eigenvalue weighted by molar-refractivity contribution is 6.37. The Hall–Kier alpha value is -1.98. The van der Waals surface area contributed by atoms with Crippen LogP contribution in [0.5, 0.6) is 28.7 Å². The lowest BCUT2D eigenvalue weighted by molar-refractivity contribution is -0.0441. The third-order valence-corrected chi connectivity index (χ3v) is 4.23. The van der Waals surface area contributed by atoms with Gasteiger partial charge in [0, 0.05) is 26.0 Å². The van der Waals surface area contributed by atoms with Gasteiger partial charge in [-0.3, -0.25) is 0 Å². The fourth-order valence-electron chi connectivity index (χ4n) is 2.57. The quantitative estimate of drug-likeness (QED) is 0.628. The Balaban J connectivity index is 1.45. The first-order valence-electron chi connectivity index (χ1n) is 8.30. The van der Waals surface area contributed by atoms with Gasteiger partial charge in [-0.1, -0.05) is 29.3 Å². The van der Waals surface area contributed by atoms with E-state index < -0.39 is 5.79 Å². The fraction of sp³-hybridized carbons (Fsp3) is 0.368. The highest BCUT2D eigenvalue weighted by atomic mass is 35.5. The van der Waals surface area contributed by atoms with Crippen LogP contribution in [-0.4, -0.2) is 24.1 Å². The molecule has 0 atom stereocenters. The molecular weight excluding hydrogens is 379 g/mol. The second-order valence-electron chi connectivity index (χ2n) is 6.33. The number of hydrogen-bond acceptors (Lipinski definition) is 5. The summed E-state index contributed by atoms with van der Waals surface area (Å²) < 4.78 is 22.9. The van der Waals surface area contributed by atoms with E-state index in [2.05, 4.69) is 0 Å². The Labute approximate surface area is 162 Å². The third kappa shape index (κ3) is 4.40. The van der Waals surface area contributed by atoms with E-state index in [9.17, 15) is 5.11 Å². The van der Waals surface area contributed by atoms with Crippen molar-refractivity contribution in [3.63, 3.8) is 0 Å². The molecule has 0 bridgehead atoms. The van der Waals surface area contributed by atoms with Crippen molar-refractivity contribution in [2.75, 3.05) is 13.2 Å². The minimum absolute atomic E-state index is 0.00511. The van der Waals surface area contributed by atoms with E-state index in [0.717, 1.165) is 12.8 Å². The van der Waals surface area contributed by atoms with Crippen molar-refractivity contribution in [3.8, 4) is 28.7 Å². The van der Waals surface area contributed by atoms with Gasteiger partial charge < -0.3 is 24.1 Å². The van der Waals surface area contributed by atoms with Crippen LogP contribution < -0.4 is 18.9 Å². The zero-order chi connectivity index (χ0) is 18.7. The van der Waals surface area contributed by atoms with Crippen LogP contribution in [0.25, 0.3) is 0 Å². The molecule has 2 aromatic carbocycles. The molecule has 5 nitrogen and oxygen atoms in total. The predicted molar refractivity (Wildman–Crippen MR) is 100 cm³/mol. The summed E-state index contributed by atoms with van der Waals surface area (Å²) in [6.07, 6.45) is 1.53. The van der Waals surface area contributed by atoms with E-state index in [1.165, 1.54) is 12.1 Å². The molecule has 140 valence electrons. The van der Waals surface area contributed by atoms with E-state index in [-0.39, 0.29) is 15.8 Å². The van der Waals surface area contributed by atoms with Gasteiger partial charge in [-0.25, -0.2) is 0 Å². The smallest absolute Gasteiger partial charge is 0.246 e. The zero-order valence-electron chi connectivity index (χ0n) is 14.6. The lowest BCUT2D eigenvalue weighted by Crippen LogP contribution is -2.29. The number of phenols is 1. The predicted octanol–water partition coefficient (Wildman–Crippen LogP) is 5.44. The molecule has 7 heteroatoms. The van der Waals surface area contributed by atoms with Gasteiger partial charge in [0.05, 0.1) is 23.3 Å². The normalized spacial score (nSPS) is 14.3. The maximum atomic E-state index is 9.41. The van der Waals surface area contributed by atoms with Crippen molar-refractivity contribution in [2.45, 2.75) is 32.5 Å². The van der Waals surface area contributed by atoms with Gasteiger partial charge in [0.25, 0.3) is 0 Å².